The lowest BCUT2D eigenvalue weighted by atomic mass is 10.3. The predicted molar refractivity (Wildman–Crippen MR) is 64.4 cm³/mol. The number of nitrogens with zero attached hydrogens (tertiary/aromatic N) is 3. The lowest BCUT2D eigenvalue weighted by Crippen LogP contribution is -2.03. The molecule has 0 atom stereocenters. The number of aromatic nitrogens is 2. The molecule has 0 radical (unpaired) electrons. The van der Waals surface area contributed by atoms with Gasteiger partial charge in [-0.05, 0) is 18.6 Å². The minimum absolute atomic E-state index is 0.344. The van der Waals surface area contributed by atoms with Crippen molar-refractivity contribution in [1.29, 1.82) is 5.26 Å². The molecule has 1 aromatic carbocycles. The monoisotopic (exact) mass is 233 g/mol. The molecule has 0 aliphatic heterocycles. The van der Waals surface area contributed by atoms with Crippen molar-refractivity contribution in [2.24, 2.45) is 0 Å². The normalized spacial score (nSPS) is 10.5. The average Bonchev–Trinajstić information content (AvgIpc) is 2.65. The van der Waals surface area contributed by atoms with Crippen molar-refractivity contribution in [3.05, 3.63) is 30.1 Å². The van der Waals surface area contributed by atoms with Crippen LogP contribution >= 0.6 is 11.6 Å². The van der Waals surface area contributed by atoms with E-state index in [9.17, 15) is 0 Å². The number of alkyl halides is 1. The van der Waals surface area contributed by atoms with Crippen LogP contribution in [-0.2, 0) is 13.0 Å². The van der Waals surface area contributed by atoms with Gasteiger partial charge in [-0.15, -0.1) is 11.6 Å². The van der Waals surface area contributed by atoms with Crippen molar-refractivity contribution < 1.29 is 0 Å². The van der Waals surface area contributed by atoms with Crippen LogP contribution in [-0.4, -0.2) is 15.4 Å². The SMILES string of the molecule is N#CCc1nc2ccccc2n1CCCCl. The Kier molecular flexibility index (Phi) is 3.43. The smallest absolute Gasteiger partial charge is 0.124 e. The zero-order valence-electron chi connectivity index (χ0n) is 8.86. The van der Waals surface area contributed by atoms with Crippen LogP contribution < -0.4 is 0 Å². The number of benzene rings is 1. The van der Waals surface area contributed by atoms with E-state index in [1.807, 2.05) is 24.3 Å². The first-order valence-electron chi connectivity index (χ1n) is 5.24. The predicted octanol–water partition coefficient (Wildman–Crippen LogP) is 2.73. The van der Waals surface area contributed by atoms with Crippen LogP contribution in [0.25, 0.3) is 11.0 Å². The van der Waals surface area contributed by atoms with Gasteiger partial charge in [0.1, 0.15) is 5.82 Å². The Balaban J connectivity index is 2.47. The van der Waals surface area contributed by atoms with Crippen molar-refractivity contribution in [2.45, 2.75) is 19.4 Å². The van der Waals surface area contributed by atoms with E-state index in [4.69, 9.17) is 16.9 Å². The second-order valence-corrected chi connectivity index (χ2v) is 3.92. The third-order valence-electron chi connectivity index (χ3n) is 2.49. The molecule has 0 amide bonds. The highest BCUT2D eigenvalue weighted by Gasteiger charge is 2.08. The highest BCUT2D eigenvalue weighted by Crippen LogP contribution is 2.16. The van der Waals surface area contributed by atoms with Crippen LogP contribution in [0.2, 0.25) is 0 Å². The Hall–Kier alpha value is -1.53. The molecule has 16 heavy (non-hydrogen) atoms. The standard InChI is InChI=1S/C12H12ClN3/c13-7-3-9-16-11-5-2-1-4-10(11)15-12(16)6-8-14/h1-2,4-5H,3,6-7,9H2. The molecular weight excluding hydrogens is 222 g/mol. The lowest BCUT2D eigenvalue weighted by Gasteiger charge is -2.05. The first kappa shape index (κ1) is 11.0. The van der Waals surface area contributed by atoms with Crippen LogP contribution in [0, 0.1) is 11.3 Å². The number of aryl methyl sites for hydroxylation is 1. The number of nitriles is 1. The molecule has 82 valence electrons. The molecular formula is C12H12ClN3. The van der Waals surface area contributed by atoms with Crippen LogP contribution in [0.4, 0.5) is 0 Å². The zero-order chi connectivity index (χ0) is 11.4. The molecule has 0 aliphatic carbocycles. The summed E-state index contributed by atoms with van der Waals surface area (Å²) >= 11 is 5.70. The molecule has 0 spiro atoms. The first-order chi connectivity index (χ1) is 7.86. The van der Waals surface area contributed by atoms with E-state index in [1.165, 1.54) is 0 Å². The minimum Gasteiger partial charge on any atom is -0.327 e. The molecule has 1 aromatic heterocycles. The summed E-state index contributed by atoms with van der Waals surface area (Å²) in [4.78, 5) is 4.45. The molecule has 0 saturated heterocycles. The summed E-state index contributed by atoms with van der Waals surface area (Å²) in [6.45, 7) is 0.820. The number of imidazole rings is 1. The Labute approximate surface area is 99.3 Å². The number of hydrogen-bond acceptors (Lipinski definition) is 2. The summed E-state index contributed by atoms with van der Waals surface area (Å²) in [7, 11) is 0. The molecule has 0 N–H and O–H groups in total. The Morgan fingerprint density at radius 2 is 2.19 bits per heavy atom. The maximum atomic E-state index is 8.77. The highest BCUT2D eigenvalue weighted by atomic mass is 35.5. The second kappa shape index (κ2) is 5.00. The summed E-state index contributed by atoms with van der Waals surface area (Å²) in [5.41, 5.74) is 2.03. The van der Waals surface area contributed by atoms with Gasteiger partial charge < -0.3 is 4.57 Å². The van der Waals surface area contributed by atoms with Crippen LogP contribution in [0.15, 0.2) is 24.3 Å². The van der Waals surface area contributed by atoms with E-state index in [2.05, 4.69) is 15.6 Å². The molecule has 3 nitrogen and oxygen atoms in total. The largest absolute Gasteiger partial charge is 0.327 e. The maximum Gasteiger partial charge on any atom is 0.124 e. The van der Waals surface area contributed by atoms with E-state index in [0.29, 0.717) is 12.3 Å². The molecule has 0 fully saturated rings. The summed E-state index contributed by atoms with van der Waals surface area (Å²) in [5, 5.41) is 8.77. The Morgan fingerprint density at radius 3 is 2.94 bits per heavy atom. The molecule has 0 saturated carbocycles. The van der Waals surface area contributed by atoms with Crippen LogP contribution in [0.5, 0.6) is 0 Å². The van der Waals surface area contributed by atoms with E-state index in [-0.39, 0.29) is 0 Å². The van der Waals surface area contributed by atoms with Gasteiger partial charge in [-0.1, -0.05) is 12.1 Å². The summed E-state index contributed by atoms with van der Waals surface area (Å²) in [5.74, 6) is 1.45. The minimum atomic E-state index is 0.344. The van der Waals surface area contributed by atoms with Gasteiger partial charge in [-0.3, -0.25) is 0 Å². The van der Waals surface area contributed by atoms with Gasteiger partial charge >= 0.3 is 0 Å². The quantitative estimate of drug-likeness (QED) is 0.762. The fraction of sp³-hybridized carbons (Fsp3) is 0.333. The van der Waals surface area contributed by atoms with Gasteiger partial charge in [-0.25, -0.2) is 4.98 Å². The topological polar surface area (TPSA) is 41.6 Å². The van der Waals surface area contributed by atoms with Crippen LogP contribution in [0.3, 0.4) is 0 Å². The fourth-order valence-corrected chi connectivity index (χ4v) is 1.92. The van der Waals surface area contributed by atoms with E-state index >= 15 is 0 Å². The summed E-state index contributed by atoms with van der Waals surface area (Å²) < 4.78 is 2.08. The summed E-state index contributed by atoms with van der Waals surface area (Å²) in [6.07, 6.45) is 1.23. The van der Waals surface area contributed by atoms with Gasteiger partial charge in [0.25, 0.3) is 0 Å². The number of halogens is 1. The van der Waals surface area contributed by atoms with Crippen molar-refractivity contribution in [2.75, 3.05) is 5.88 Å². The van der Waals surface area contributed by atoms with Gasteiger partial charge in [0.15, 0.2) is 0 Å². The van der Waals surface area contributed by atoms with Crippen molar-refractivity contribution >= 4 is 22.6 Å². The summed E-state index contributed by atoms with van der Waals surface area (Å²) in [6, 6.07) is 10.1. The zero-order valence-corrected chi connectivity index (χ0v) is 9.61. The van der Waals surface area contributed by atoms with E-state index < -0.39 is 0 Å². The highest BCUT2D eigenvalue weighted by molar-refractivity contribution is 6.17. The van der Waals surface area contributed by atoms with Crippen molar-refractivity contribution in [1.82, 2.24) is 9.55 Å². The fourth-order valence-electron chi connectivity index (χ4n) is 1.80. The van der Waals surface area contributed by atoms with E-state index in [1.54, 1.807) is 0 Å². The number of fused-ring (bicyclic) bond motifs is 1. The second-order valence-electron chi connectivity index (χ2n) is 3.55. The molecule has 0 aliphatic rings. The van der Waals surface area contributed by atoms with Crippen LogP contribution in [0.1, 0.15) is 12.2 Å². The third-order valence-corrected chi connectivity index (χ3v) is 2.75. The third kappa shape index (κ3) is 2.02. The maximum absolute atomic E-state index is 8.77. The number of rotatable bonds is 4. The molecule has 4 heteroatoms. The molecule has 0 bridgehead atoms. The van der Waals surface area contributed by atoms with E-state index in [0.717, 1.165) is 29.8 Å². The average molecular weight is 234 g/mol. The molecule has 0 unspecified atom stereocenters. The molecule has 1 heterocycles. The number of hydrogen-bond donors (Lipinski definition) is 0. The molecule has 2 rings (SSSR count). The van der Waals surface area contributed by atoms with Crippen molar-refractivity contribution in [3.8, 4) is 6.07 Å². The Morgan fingerprint density at radius 1 is 1.38 bits per heavy atom. The lowest BCUT2D eigenvalue weighted by molar-refractivity contribution is 0.670. The van der Waals surface area contributed by atoms with Gasteiger partial charge in [-0.2, -0.15) is 5.26 Å². The van der Waals surface area contributed by atoms with Gasteiger partial charge in [0.2, 0.25) is 0 Å². The first-order valence-corrected chi connectivity index (χ1v) is 5.77. The van der Waals surface area contributed by atoms with Crippen molar-refractivity contribution in [3.63, 3.8) is 0 Å². The van der Waals surface area contributed by atoms with Gasteiger partial charge in [0, 0.05) is 12.4 Å². The Bertz CT molecular complexity index is 525. The van der Waals surface area contributed by atoms with Gasteiger partial charge in [0.05, 0.1) is 23.5 Å². The number of para-hydroxylation sites is 2. The molecule has 2 aromatic rings.